The van der Waals surface area contributed by atoms with Gasteiger partial charge in [-0.15, -0.1) is 0 Å². The summed E-state index contributed by atoms with van der Waals surface area (Å²) >= 11 is 0. The summed E-state index contributed by atoms with van der Waals surface area (Å²) < 4.78 is 0. The smallest absolute Gasteiger partial charge is 0.128 e. The van der Waals surface area contributed by atoms with E-state index in [-0.39, 0.29) is 6.10 Å². The van der Waals surface area contributed by atoms with Gasteiger partial charge in [-0.25, -0.2) is 0 Å². The summed E-state index contributed by atoms with van der Waals surface area (Å²) in [5.74, 6) is 0.877. The fourth-order valence-corrected chi connectivity index (χ4v) is 4.73. The molecule has 2 nitrogen and oxygen atoms in total. The number of nitrogens with two attached hydrogens (primary N) is 1. The van der Waals surface area contributed by atoms with Gasteiger partial charge in [0.2, 0.25) is 0 Å². The summed E-state index contributed by atoms with van der Waals surface area (Å²) in [5, 5.41) is 12.7. The van der Waals surface area contributed by atoms with Crippen molar-refractivity contribution in [3.63, 3.8) is 0 Å². The minimum atomic E-state index is -0.345. The molecule has 4 atom stereocenters. The zero-order chi connectivity index (χ0) is 14.4. The first-order valence-corrected chi connectivity index (χ1v) is 8.01. The van der Waals surface area contributed by atoms with Gasteiger partial charge in [0.1, 0.15) is 12.6 Å². The molecule has 0 saturated heterocycles. The molecule has 0 aliphatic heterocycles. The molecule has 2 saturated carbocycles. The maximum Gasteiger partial charge on any atom is 0.128 e. The largest absolute Gasteiger partial charge is 0.382 e. The first kappa shape index (κ1) is 14.1. The van der Waals surface area contributed by atoms with E-state index in [4.69, 9.17) is 0 Å². The Bertz CT molecular complexity index is 470. The molecule has 3 rings (SSSR count). The SMILES string of the molecule is CC1(C)[C@@H]2CC[C@@]1(C)[C@H]([NH2+]C[C@H](O)c1ccccc1)C2. The summed E-state index contributed by atoms with van der Waals surface area (Å²) in [6, 6.07) is 10.7. The molecule has 2 aliphatic rings. The Morgan fingerprint density at radius 1 is 1.25 bits per heavy atom. The minimum Gasteiger partial charge on any atom is -0.382 e. The summed E-state index contributed by atoms with van der Waals surface area (Å²) in [4.78, 5) is 0. The number of hydrogen-bond acceptors (Lipinski definition) is 1. The molecule has 0 spiro atoms. The lowest BCUT2D eigenvalue weighted by atomic mass is 9.69. The van der Waals surface area contributed by atoms with Gasteiger partial charge in [0.15, 0.2) is 0 Å². The highest BCUT2D eigenvalue weighted by Crippen LogP contribution is 2.64. The molecule has 0 unspecified atom stereocenters. The molecule has 0 amide bonds. The van der Waals surface area contributed by atoms with Crippen molar-refractivity contribution >= 4 is 0 Å². The molecular weight excluding hydrogens is 246 g/mol. The van der Waals surface area contributed by atoms with E-state index in [1.807, 2.05) is 30.3 Å². The highest BCUT2D eigenvalue weighted by atomic mass is 16.3. The van der Waals surface area contributed by atoms with Crippen LogP contribution in [0.15, 0.2) is 30.3 Å². The normalized spacial score (nSPS) is 36.2. The minimum absolute atomic E-state index is 0.345. The molecule has 20 heavy (non-hydrogen) atoms. The lowest BCUT2D eigenvalue weighted by Gasteiger charge is -2.37. The lowest BCUT2D eigenvalue weighted by molar-refractivity contribution is -0.708. The maximum atomic E-state index is 10.3. The predicted molar refractivity (Wildman–Crippen MR) is 81.2 cm³/mol. The van der Waals surface area contributed by atoms with Crippen molar-refractivity contribution in [2.75, 3.05) is 6.54 Å². The number of aliphatic hydroxyl groups is 1. The van der Waals surface area contributed by atoms with Crippen LogP contribution >= 0.6 is 0 Å². The third kappa shape index (κ3) is 2.01. The monoisotopic (exact) mass is 274 g/mol. The second-order valence-electron chi connectivity index (χ2n) is 7.61. The molecule has 1 aromatic rings. The van der Waals surface area contributed by atoms with Gasteiger partial charge in [0.05, 0.1) is 6.04 Å². The number of rotatable bonds is 4. The third-order valence-corrected chi connectivity index (χ3v) is 6.69. The molecule has 0 aromatic heterocycles. The first-order chi connectivity index (χ1) is 9.45. The fraction of sp³-hybridized carbons (Fsp3) is 0.667. The average molecular weight is 274 g/mol. The van der Waals surface area contributed by atoms with Crippen LogP contribution in [0.25, 0.3) is 0 Å². The van der Waals surface area contributed by atoms with Crippen molar-refractivity contribution in [1.29, 1.82) is 0 Å². The molecule has 2 heteroatoms. The van der Waals surface area contributed by atoms with Gasteiger partial charge in [-0.3, -0.25) is 0 Å². The van der Waals surface area contributed by atoms with Gasteiger partial charge in [-0.1, -0.05) is 51.1 Å². The van der Waals surface area contributed by atoms with Crippen molar-refractivity contribution in [1.82, 2.24) is 0 Å². The van der Waals surface area contributed by atoms with Crippen LogP contribution in [0.5, 0.6) is 0 Å². The Morgan fingerprint density at radius 2 is 1.95 bits per heavy atom. The number of fused-ring (bicyclic) bond motifs is 2. The molecule has 110 valence electrons. The van der Waals surface area contributed by atoms with Crippen molar-refractivity contribution < 1.29 is 10.4 Å². The van der Waals surface area contributed by atoms with Crippen LogP contribution in [0.2, 0.25) is 0 Å². The summed E-state index contributed by atoms with van der Waals surface area (Å²) in [7, 11) is 0. The van der Waals surface area contributed by atoms with Gasteiger partial charge < -0.3 is 10.4 Å². The molecule has 1 aromatic carbocycles. The van der Waals surface area contributed by atoms with E-state index >= 15 is 0 Å². The van der Waals surface area contributed by atoms with Crippen LogP contribution in [-0.2, 0) is 0 Å². The van der Waals surface area contributed by atoms with Gasteiger partial charge in [0, 0.05) is 11.8 Å². The summed E-state index contributed by atoms with van der Waals surface area (Å²) in [5.41, 5.74) is 1.94. The van der Waals surface area contributed by atoms with Crippen LogP contribution in [0.1, 0.15) is 51.7 Å². The molecule has 2 aliphatic carbocycles. The Kier molecular flexibility index (Phi) is 3.42. The highest BCUT2D eigenvalue weighted by Gasteiger charge is 2.63. The van der Waals surface area contributed by atoms with Crippen LogP contribution < -0.4 is 5.32 Å². The van der Waals surface area contributed by atoms with E-state index in [0.717, 1.165) is 18.0 Å². The van der Waals surface area contributed by atoms with Crippen LogP contribution in [0.4, 0.5) is 0 Å². The predicted octanol–water partition coefficient (Wildman–Crippen LogP) is 2.50. The van der Waals surface area contributed by atoms with E-state index in [0.29, 0.717) is 16.9 Å². The van der Waals surface area contributed by atoms with Crippen LogP contribution in [0, 0.1) is 16.7 Å². The quantitative estimate of drug-likeness (QED) is 0.869. The molecule has 0 radical (unpaired) electrons. The van der Waals surface area contributed by atoms with Crippen molar-refractivity contribution in [3.05, 3.63) is 35.9 Å². The Labute approximate surface area is 122 Å². The number of aliphatic hydroxyl groups excluding tert-OH is 1. The van der Waals surface area contributed by atoms with Gasteiger partial charge in [0.25, 0.3) is 0 Å². The van der Waals surface area contributed by atoms with E-state index in [1.165, 1.54) is 19.3 Å². The summed E-state index contributed by atoms with van der Waals surface area (Å²) in [6.45, 7) is 8.15. The van der Waals surface area contributed by atoms with Crippen LogP contribution in [-0.4, -0.2) is 17.7 Å². The summed E-state index contributed by atoms with van der Waals surface area (Å²) in [6.07, 6.45) is 3.73. The molecule has 2 fully saturated rings. The second kappa shape index (κ2) is 4.85. The highest BCUT2D eigenvalue weighted by molar-refractivity contribution is 5.17. The Balaban J connectivity index is 1.63. The van der Waals surface area contributed by atoms with Gasteiger partial charge >= 0.3 is 0 Å². The molecule has 3 N–H and O–H groups in total. The Hall–Kier alpha value is -0.860. The fourth-order valence-electron chi connectivity index (χ4n) is 4.73. The zero-order valence-corrected chi connectivity index (χ0v) is 13.0. The molecule has 2 bridgehead atoms. The Morgan fingerprint density at radius 3 is 2.50 bits per heavy atom. The first-order valence-electron chi connectivity index (χ1n) is 8.01. The van der Waals surface area contributed by atoms with Crippen molar-refractivity contribution in [2.24, 2.45) is 16.7 Å². The number of benzene rings is 1. The third-order valence-electron chi connectivity index (χ3n) is 6.69. The van der Waals surface area contributed by atoms with E-state index < -0.39 is 0 Å². The van der Waals surface area contributed by atoms with Crippen molar-refractivity contribution in [3.8, 4) is 0 Å². The van der Waals surface area contributed by atoms with E-state index in [9.17, 15) is 5.11 Å². The maximum absolute atomic E-state index is 10.3. The molecular formula is C18H28NO+. The standard InChI is InChI=1S/C18H27NO/c1-17(2)14-9-10-18(17,3)16(11-14)19-12-15(20)13-7-5-4-6-8-13/h4-8,14-16,19-20H,9-12H2,1-3H3/p+1/t14-,15+,16-,18+/m1/s1. The zero-order valence-electron chi connectivity index (χ0n) is 13.0. The number of quaternary nitrogens is 1. The topological polar surface area (TPSA) is 36.8 Å². The van der Waals surface area contributed by atoms with Crippen molar-refractivity contribution in [2.45, 2.75) is 52.2 Å². The second-order valence-corrected chi connectivity index (χ2v) is 7.61. The van der Waals surface area contributed by atoms with Gasteiger partial charge in [-0.05, 0) is 29.7 Å². The molecule has 0 heterocycles. The van der Waals surface area contributed by atoms with E-state index in [1.54, 1.807) is 0 Å². The van der Waals surface area contributed by atoms with Crippen LogP contribution in [0.3, 0.4) is 0 Å². The average Bonchev–Trinajstić information content (AvgIpc) is 2.78. The van der Waals surface area contributed by atoms with E-state index in [2.05, 4.69) is 26.1 Å². The number of hydrogen-bond donors (Lipinski definition) is 2. The van der Waals surface area contributed by atoms with Gasteiger partial charge in [-0.2, -0.15) is 0 Å². The lowest BCUT2D eigenvalue weighted by Crippen LogP contribution is -2.93.